The summed E-state index contributed by atoms with van der Waals surface area (Å²) in [4.78, 5) is 4.88. The van der Waals surface area contributed by atoms with Gasteiger partial charge in [-0.25, -0.2) is 4.39 Å². The molecular weight excluding hydrogens is 341 g/mol. The molecule has 1 aromatic carbocycles. The highest BCUT2D eigenvalue weighted by Gasteiger charge is 2.22. The molecule has 2 aliphatic rings. The predicted molar refractivity (Wildman–Crippen MR) is 94.7 cm³/mol. The summed E-state index contributed by atoms with van der Waals surface area (Å²) in [5.74, 6) is 1.51. The Hall–Kier alpha value is -1.48. The number of fused-ring (bicyclic) bond motifs is 1. The van der Waals surface area contributed by atoms with Crippen molar-refractivity contribution in [2.75, 3.05) is 45.3 Å². The van der Waals surface area contributed by atoms with E-state index in [1.165, 1.54) is 12.1 Å². The highest BCUT2D eigenvalue weighted by atomic mass is 32.2. The lowest BCUT2D eigenvalue weighted by molar-refractivity contribution is 0.0359. The molecule has 0 spiro atoms. The van der Waals surface area contributed by atoms with Crippen LogP contribution in [0.1, 0.15) is 6.42 Å². The lowest BCUT2D eigenvalue weighted by atomic mass is 10.2. The average molecular weight is 363 g/mol. The minimum Gasteiger partial charge on any atom is -0.379 e. The van der Waals surface area contributed by atoms with Gasteiger partial charge in [0, 0.05) is 25.2 Å². The van der Waals surface area contributed by atoms with Crippen molar-refractivity contribution in [1.29, 1.82) is 0 Å². The van der Waals surface area contributed by atoms with Crippen LogP contribution in [0.2, 0.25) is 0 Å². The standard InChI is InChI=1S/C17H22FN5OS/c18-15-4-2-14(3-5-15)16-19-20-17-23(16)12-22(13-25-17)7-1-6-21-8-10-24-11-9-21/h2-5H,1,6-13H2. The minimum atomic E-state index is -0.235. The summed E-state index contributed by atoms with van der Waals surface area (Å²) in [5.41, 5.74) is 0.899. The second-order valence-electron chi connectivity index (χ2n) is 6.36. The third kappa shape index (κ3) is 4.03. The van der Waals surface area contributed by atoms with Crippen LogP contribution < -0.4 is 0 Å². The molecular formula is C17H22FN5OS. The van der Waals surface area contributed by atoms with E-state index in [9.17, 15) is 4.39 Å². The lowest BCUT2D eigenvalue weighted by Crippen LogP contribution is -2.38. The largest absolute Gasteiger partial charge is 0.379 e. The first-order valence-corrected chi connectivity index (χ1v) is 9.62. The number of ether oxygens (including phenoxy) is 1. The van der Waals surface area contributed by atoms with Crippen molar-refractivity contribution in [2.45, 2.75) is 18.2 Å². The predicted octanol–water partition coefficient (Wildman–Crippen LogP) is 2.13. The zero-order chi connectivity index (χ0) is 17.1. The van der Waals surface area contributed by atoms with Gasteiger partial charge in [-0.1, -0.05) is 11.8 Å². The molecule has 1 aromatic heterocycles. The Labute approximate surface area is 151 Å². The Bertz CT molecular complexity index is 702. The van der Waals surface area contributed by atoms with Gasteiger partial charge in [-0.15, -0.1) is 10.2 Å². The van der Waals surface area contributed by atoms with Crippen molar-refractivity contribution in [1.82, 2.24) is 24.6 Å². The maximum absolute atomic E-state index is 13.2. The zero-order valence-corrected chi connectivity index (χ0v) is 14.9. The molecule has 0 radical (unpaired) electrons. The number of halogens is 1. The fourth-order valence-corrected chi connectivity index (χ4v) is 4.11. The Morgan fingerprint density at radius 1 is 1.04 bits per heavy atom. The molecule has 134 valence electrons. The molecule has 0 saturated carbocycles. The number of benzene rings is 1. The highest BCUT2D eigenvalue weighted by Crippen LogP contribution is 2.28. The van der Waals surface area contributed by atoms with E-state index in [2.05, 4.69) is 24.6 Å². The molecule has 0 atom stereocenters. The van der Waals surface area contributed by atoms with Crippen molar-refractivity contribution in [2.24, 2.45) is 0 Å². The Kier molecular flexibility index (Phi) is 5.30. The normalized spacial score (nSPS) is 19.1. The molecule has 0 aliphatic carbocycles. The number of hydrogen-bond acceptors (Lipinski definition) is 6. The molecule has 1 saturated heterocycles. The number of thioether (sulfide) groups is 1. The number of hydrogen-bond donors (Lipinski definition) is 0. The minimum absolute atomic E-state index is 0.235. The van der Waals surface area contributed by atoms with Gasteiger partial charge in [-0.2, -0.15) is 0 Å². The van der Waals surface area contributed by atoms with Gasteiger partial charge in [0.1, 0.15) is 5.82 Å². The molecule has 8 heteroatoms. The first kappa shape index (κ1) is 17.0. The molecule has 3 heterocycles. The third-order valence-corrected chi connectivity index (χ3v) is 5.64. The van der Waals surface area contributed by atoms with Gasteiger partial charge in [0.05, 0.1) is 25.8 Å². The van der Waals surface area contributed by atoms with Crippen LogP contribution in [0.4, 0.5) is 4.39 Å². The summed E-state index contributed by atoms with van der Waals surface area (Å²) in [6.07, 6.45) is 1.14. The van der Waals surface area contributed by atoms with Crippen molar-refractivity contribution in [3.63, 3.8) is 0 Å². The second kappa shape index (κ2) is 7.82. The van der Waals surface area contributed by atoms with Crippen molar-refractivity contribution in [3.05, 3.63) is 30.1 Å². The number of nitrogens with zero attached hydrogens (tertiary/aromatic N) is 5. The summed E-state index contributed by atoms with van der Waals surface area (Å²) in [6.45, 7) is 6.73. The van der Waals surface area contributed by atoms with Crippen LogP contribution in [-0.2, 0) is 11.4 Å². The third-order valence-electron chi connectivity index (χ3n) is 4.59. The van der Waals surface area contributed by atoms with Crippen LogP contribution in [0.25, 0.3) is 11.4 Å². The van der Waals surface area contributed by atoms with Gasteiger partial charge in [0.25, 0.3) is 0 Å². The smallest absolute Gasteiger partial charge is 0.193 e. The van der Waals surface area contributed by atoms with Crippen LogP contribution in [0.15, 0.2) is 29.4 Å². The molecule has 4 rings (SSSR count). The van der Waals surface area contributed by atoms with Crippen LogP contribution in [0.3, 0.4) is 0 Å². The maximum Gasteiger partial charge on any atom is 0.193 e. The van der Waals surface area contributed by atoms with Crippen LogP contribution in [0.5, 0.6) is 0 Å². The summed E-state index contributed by atoms with van der Waals surface area (Å²) < 4.78 is 20.7. The number of morpholine rings is 1. The van der Waals surface area contributed by atoms with E-state index in [4.69, 9.17) is 4.74 Å². The van der Waals surface area contributed by atoms with Crippen molar-refractivity contribution < 1.29 is 9.13 Å². The van der Waals surface area contributed by atoms with E-state index in [1.54, 1.807) is 23.9 Å². The molecule has 0 bridgehead atoms. The van der Waals surface area contributed by atoms with Gasteiger partial charge in [0.2, 0.25) is 0 Å². The van der Waals surface area contributed by atoms with Gasteiger partial charge >= 0.3 is 0 Å². The summed E-state index contributed by atoms with van der Waals surface area (Å²) in [6, 6.07) is 6.45. The van der Waals surface area contributed by atoms with Gasteiger partial charge in [-0.05, 0) is 37.2 Å². The summed E-state index contributed by atoms with van der Waals surface area (Å²) >= 11 is 1.71. The van der Waals surface area contributed by atoms with E-state index in [1.807, 2.05) is 0 Å². The molecule has 6 nitrogen and oxygen atoms in total. The molecule has 0 N–H and O–H groups in total. The second-order valence-corrected chi connectivity index (χ2v) is 7.27. The van der Waals surface area contributed by atoms with E-state index >= 15 is 0 Å². The lowest BCUT2D eigenvalue weighted by Gasteiger charge is -2.30. The van der Waals surface area contributed by atoms with Gasteiger partial charge in [-0.3, -0.25) is 14.4 Å². The van der Waals surface area contributed by atoms with E-state index < -0.39 is 0 Å². The van der Waals surface area contributed by atoms with Crippen molar-refractivity contribution >= 4 is 11.8 Å². The first-order chi connectivity index (χ1) is 12.3. The zero-order valence-electron chi connectivity index (χ0n) is 14.1. The fraction of sp³-hybridized carbons (Fsp3) is 0.529. The SMILES string of the molecule is Fc1ccc(-c2nnc3n2CN(CCCN2CCOCC2)CS3)cc1. The van der Waals surface area contributed by atoms with Crippen LogP contribution in [0, 0.1) is 5.82 Å². The Morgan fingerprint density at radius 3 is 2.60 bits per heavy atom. The highest BCUT2D eigenvalue weighted by molar-refractivity contribution is 7.99. The number of aromatic nitrogens is 3. The Balaban J connectivity index is 1.37. The van der Waals surface area contributed by atoms with Gasteiger partial charge in [0.15, 0.2) is 11.0 Å². The maximum atomic E-state index is 13.2. The van der Waals surface area contributed by atoms with Gasteiger partial charge < -0.3 is 4.74 Å². The van der Waals surface area contributed by atoms with E-state index in [-0.39, 0.29) is 5.82 Å². The monoisotopic (exact) mass is 363 g/mol. The molecule has 2 aromatic rings. The molecule has 1 fully saturated rings. The van der Waals surface area contributed by atoms with E-state index in [0.717, 1.165) is 74.9 Å². The number of rotatable bonds is 5. The van der Waals surface area contributed by atoms with Crippen molar-refractivity contribution in [3.8, 4) is 11.4 Å². The molecule has 0 amide bonds. The topological polar surface area (TPSA) is 46.4 Å². The van der Waals surface area contributed by atoms with E-state index in [0.29, 0.717) is 0 Å². The quantitative estimate of drug-likeness (QED) is 0.811. The van der Waals surface area contributed by atoms with Crippen LogP contribution >= 0.6 is 11.8 Å². The molecule has 0 unspecified atom stereocenters. The average Bonchev–Trinajstić information content (AvgIpc) is 3.07. The molecule has 2 aliphatic heterocycles. The first-order valence-electron chi connectivity index (χ1n) is 8.64. The summed E-state index contributed by atoms with van der Waals surface area (Å²) in [5, 5.41) is 9.52. The fourth-order valence-electron chi connectivity index (χ4n) is 3.20. The van der Waals surface area contributed by atoms with Crippen LogP contribution in [-0.4, -0.2) is 69.8 Å². The molecule has 25 heavy (non-hydrogen) atoms. The summed E-state index contributed by atoms with van der Waals surface area (Å²) in [7, 11) is 0. The Morgan fingerprint density at radius 2 is 1.80 bits per heavy atom.